The van der Waals surface area contributed by atoms with Gasteiger partial charge in [-0.05, 0) is 30.2 Å². The number of anilines is 2. The number of hydrogen-bond acceptors (Lipinski definition) is 8. The Morgan fingerprint density at radius 1 is 1.29 bits per heavy atom. The van der Waals surface area contributed by atoms with Gasteiger partial charge in [0.05, 0.1) is 27.0 Å². The molecule has 0 aliphatic carbocycles. The summed E-state index contributed by atoms with van der Waals surface area (Å²) in [6.45, 7) is 1.99. The highest BCUT2D eigenvalue weighted by molar-refractivity contribution is 5.74. The number of nitrogens with one attached hydrogen (secondary N) is 1. The lowest BCUT2D eigenvalue weighted by atomic mass is 10.1. The molecular weight excluding hydrogens is 362 g/mol. The zero-order chi connectivity index (χ0) is 20.1. The summed E-state index contributed by atoms with van der Waals surface area (Å²) in [4.78, 5) is 19.8. The van der Waals surface area contributed by atoms with Crippen molar-refractivity contribution in [3.63, 3.8) is 0 Å². The van der Waals surface area contributed by atoms with Gasteiger partial charge in [0.15, 0.2) is 6.10 Å². The topological polar surface area (TPSA) is 111 Å². The van der Waals surface area contributed by atoms with Crippen molar-refractivity contribution in [2.45, 2.75) is 19.6 Å². The van der Waals surface area contributed by atoms with Crippen molar-refractivity contribution < 1.29 is 19.4 Å². The number of aliphatic hydroxyl groups is 1. The van der Waals surface area contributed by atoms with Crippen molar-refractivity contribution in [2.75, 3.05) is 19.5 Å². The molecule has 0 amide bonds. The summed E-state index contributed by atoms with van der Waals surface area (Å²) in [7, 11) is 2.78. The van der Waals surface area contributed by atoms with Gasteiger partial charge in [-0.25, -0.2) is 9.78 Å². The van der Waals surface area contributed by atoms with Crippen LogP contribution < -0.4 is 10.1 Å². The highest BCUT2D eigenvalue weighted by Gasteiger charge is 2.16. The van der Waals surface area contributed by atoms with Crippen LogP contribution in [0, 0.1) is 6.92 Å². The van der Waals surface area contributed by atoms with Gasteiger partial charge in [0.2, 0.25) is 11.8 Å². The van der Waals surface area contributed by atoms with E-state index in [1.165, 1.54) is 11.8 Å². The summed E-state index contributed by atoms with van der Waals surface area (Å²) in [6.07, 6.45) is 3.77. The first-order chi connectivity index (χ1) is 13.5. The van der Waals surface area contributed by atoms with Gasteiger partial charge in [-0.15, -0.1) is 0 Å². The quantitative estimate of drug-likeness (QED) is 0.596. The normalized spacial score (nSPS) is 11.7. The molecule has 2 aromatic heterocycles. The maximum Gasteiger partial charge on any atom is 0.336 e. The molecule has 0 aliphatic rings. The number of carbonyl (C=O) groups is 1. The van der Waals surface area contributed by atoms with Crippen LogP contribution in [0.2, 0.25) is 0 Å². The first-order valence-electron chi connectivity index (χ1n) is 8.53. The van der Waals surface area contributed by atoms with E-state index in [2.05, 4.69) is 25.1 Å². The predicted octanol–water partition coefficient (Wildman–Crippen LogP) is 1.93. The standard InChI is InChI=1S/C19H21N5O4/c1-12-6-13(14-9-21-24(10-14)11-16(25)18(26)28-3)8-15(7-12)22-19-20-5-4-17(23-19)27-2/h4-10,16,25H,11H2,1-3H3,(H,20,22,23)/t16-/m0/s1. The average Bonchev–Trinajstić information content (AvgIpc) is 3.15. The van der Waals surface area contributed by atoms with Gasteiger partial charge in [-0.3, -0.25) is 4.68 Å². The van der Waals surface area contributed by atoms with Crippen molar-refractivity contribution >= 4 is 17.6 Å². The summed E-state index contributed by atoms with van der Waals surface area (Å²) in [5, 5.41) is 17.1. The van der Waals surface area contributed by atoms with Crippen LogP contribution in [-0.4, -0.2) is 51.1 Å². The number of methoxy groups -OCH3 is 2. The number of esters is 1. The van der Waals surface area contributed by atoms with E-state index in [9.17, 15) is 9.90 Å². The Balaban J connectivity index is 1.80. The number of nitrogens with zero attached hydrogens (tertiary/aromatic N) is 4. The number of aryl methyl sites for hydroxylation is 1. The van der Waals surface area contributed by atoms with E-state index in [0.717, 1.165) is 22.4 Å². The molecule has 2 heterocycles. The highest BCUT2D eigenvalue weighted by Crippen LogP contribution is 2.26. The predicted molar refractivity (Wildman–Crippen MR) is 102 cm³/mol. The number of carbonyl (C=O) groups excluding carboxylic acids is 1. The van der Waals surface area contributed by atoms with E-state index in [1.807, 2.05) is 25.1 Å². The summed E-state index contributed by atoms with van der Waals surface area (Å²) in [6, 6.07) is 7.59. The van der Waals surface area contributed by atoms with Crippen molar-refractivity contribution in [1.29, 1.82) is 0 Å². The third-order valence-corrected chi connectivity index (χ3v) is 3.97. The van der Waals surface area contributed by atoms with Crippen molar-refractivity contribution in [1.82, 2.24) is 19.7 Å². The fourth-order valence-electron chi connectivity index (χ4n) is 2.67. The molecule has 1 aromatic carbocycles. The molecule has 0 saturated carbocycles. The first-order valence-corrected chi connectivity index (χ1v) is 8.53. The third-order valence-electron chi connectivity index (χ3n) is 3.97. The lowest BCUT2D eigenvalue weighted by Crippen LogP contribution is -2.27. The molecular formula is C19H21N5O4. The van der Waals surface area contributed by atoms with Crippen molar-refractivity contribution in [3.8, 4) is 17.0 Å². The van der Waals surface area contributed by atoms with Crippen molar-refractivity contribution in [2.24, 2.45) is 0 Å². The van der Waals surface area contributed by atoms with E-state index in [1.54, 1.807) is 31.8 Å². The van der Waals surface area contributed by atoms with E-state index < -0.39 is 12.1 Å². The monoisotopic (exact) mass is 383 g/mol. The Hall–Kier alpha value is -3.46. The van der Waals surface area contributed by atoms with Crippen LogP contribution in [0.25, 0.3) is 11.1 Å². The Kier molecular flexibility index (Phi) is 5.85. The molecule has 3 aromatic rings. The molecule has 0 fully saturated rings. The molecule has 28 heavy (non-hydrogen) atoms. The van der Waals surface area contributed by atoms with Crippen LogP contribution in [-0.2, 0) is 16.1 Å². The lowest BCUT2D eigenvalue weighted by Gasteiger charge is -2.09. The van der Waals surface area contributed by atoms with E-state index in [-0.39, 0.29) is 6.54 Å². The van der Waals surface area contributed by atoms with Gasteiger partial charge >= 0.3 is 5.97 Å². The fraction of sp³-hybridized carbons (Fsp3) is 0.263. The zero-order valence-electron chi connectivity index (χ0n) is 15.8. The maximum atomic E-state index is 11.4. The number of benzene rings is 1. The number of hydrogen-bond donors (Lipinski definition) is 2. The molecule has 9 heteroatoms. The van der Waals surface area contributed by atoms with Gasteiger partial charge < -0.3 is 19.9 Å². The van der Waals surface area contributed by atoms with Crippen molar-refractivity contribution in [3.05, 3.63) is 48.4 Å². The van der Waals surface area contributed by atoms with Gasteiger partial charge in [-0.1, -0.05) is 6.07 Å². The second kappa shape index (κ2) is 8.49. The molecule has 146 valence electrons. The van der Waals surface area contributed by atoms with Gasteiger partial charge in [0.25, 0.3) is 0 Å². The second-order valence-corrected chi connectivity index (χ2v) is 6.13. The van der Waals surface area contributed by atoms with E-state index in [4.69, 9.17) is 4.74 Å². The summed E-state index contributed by atoms with van der Waals surface area (Å²) in [5.74, 6) is 0.195. The minimum atomic E-state index is -1.27. The van der Waals surface area contributed by atoms with Crippen LogP contribution in [0.5, 0.6) is 5.88 Å². The maximum absolute atomic E-state index is 11.4. The summed E-state index contributed by atoms with van der Waals surface area (Å²) in [5.41, 5.74) is 3.61. The minimum absolute atomic E-state index is 0.0151. The molecule has 1 atom stereocenters. The highest BCUT2D eigenvalue weighted by atomic mass is 16.5. The Labute approximate surface area is 162 Å². The van der Waals surface area contributed by atoms with Gasteiger partial charge in [-0.2, -0.15) is 10.1 Å². The Morgan fingerprint density at radius 2 is 2.11 bits per heavy atom. The number of ether oxygens (including phenoxy) is 2. The largest absolute Gasteiger partial charge is 0.481 e. The third kappa shape index (κ3) is 4.63. The van der Waals surface area contributed by atoms with Gasteiger partial charge in [0.1, 0.15) is 0 Å². The number of aromatic nitrogens is 4. The fourth-order valence-corrected chi connectivity index (χ4v) is 2.67. The SMILES string of the molecule is COC(=O)[C@@H](O)Cn1cc(-c2cc(C)cc(Nc3nccc(OC)n3)c2)cn1. The molecule has 0 aliphatic heterocycles. The molecule has 2 N–H and O–H groups in total. The van der Waals surface area contributed by atoms with Gasteiger partial charge in [0, 0.05) is 29.7 Å². The Morgan fingerprint density at radius 3 is 2.86 bits per heavy atom. The van der Waals surface area contributed by atoms with Crippen LogP contribution in [0.1, 0.15) is 5.56 Å². The van der Waals surface area contributed by atoms with Crippen LogP contribution in [0.15, 0.2) is 42.9 Å². The summed E-state index contributed by atoms with van der Waals surface area (Å²) < 4.78 is 11.1. The molecule has 9 nitrogen and oxygen atoms in total. The second-order valence-electron chi connectivity index (χ2n) is 6.13. The van der Waals surface area contributed by atoms with Crippen LogP contribution in [0.3, 0.4) is 0 Å². The molecule has 0 bridgehead atoms. The molecule has 0 spiro atoms. The smallest absolute Gasteiger partial charge is 0.336 e. The first kappa shape index (κ1) is 19.3. The zero-order valence-corrected chi connectivity index (χ0v) is 15.8. The van der Waals surface area contributed by atoms with E-state index in [0.29, 0.717) is 11.8 Å². The number of rotatable bonds is 7. The van der Waals surface area contributed by atoms with E-state index >= 15 is 0 Å². The molecule has 3 rings (SSSR count). The summed E-state index contributed by atoms with van der Waals surface area (Å²) >= 11 is 0. The lowest BCUT2D eigenvalue weighted by molar-refractivity contribution is -0.151. The Bertz CT molecular complexity index is 972. The van der Waals surface area contributed by atoms with Crippen LogP contribution >= 0.6 is 0 Å². The number of aliphatic hydroxyl groups excluding tert-OH is 1. The average molecular weight is 383 g/mol. The minimum Gasteiger partial charge on any atom is -0.481 e. The molecule has 0 radical (unpaired) electrons. The van der Waals surface area contributed by atoms with Crippen LogP contribution in [0.4, 0.5) is 11.6 Å². The molecule has 0 saturated heterocycles. The molecule has 0 unspecified atom stereocenters.